The van der Waals surface area contributed by atoms with Crippen molar-refractivity contribution in [3.63, 3.8) is 0 Å². The summed E-state index contributed by atoms with van der Waals surface area (Å²) in [6.45, 7) is 1.10. The van der Waals surface area contributed by atoms with Gasteiger partial charge in [-0.25, -0.2) is 4.68 Å². The van der Waals surface area contributed by atoms with Crippen molar-refractivity contribution in [3.05, 3.63) is 97.0 Å². The molecule has 0 bridgehead atoms. The average Bonchev–Trinajstić information content (AvgIpc) is 3.32. The lowest BCUT2D eigenvalue weighted by atomic mass is 10.1. The van der Waals surface area contributed by atoms with Gasteiger partial charge in [-0.2, -0.15) is 5.10 Å². The van der Waals surface area contributed by atoms with E-state index in [1.807, 2.05) is 96.1 Å². The highest BCUT2D eigenvalue weighted by molar-refractivity contribution is 5.96. The predicted octanol–water partition coefficient (Wildman–Crippen LogP) is 5.61. The molecule has 0 unspecified atom stereocenters. The first-order chi connectivity index (χ1) is 16.3. The van der Waals surface area contributed by atoms with E-state index in [4.69, 9.17) is 19.6 Å². The molecular weight excluding hydrogens is 412 g/mol. The fourth-order valence-electron chi connectivity index (χ4n) is 3.97. The quantitative estimate of drug-likeness (QED) is 0.346. The molecule has 160 valence electrons. The second kappa shape index (κ2) is 8.24. The Balaban J connectivity index is 1.46. The molecule has 0 spiro atoms. The van der Waals surface area contributed by atoms with Gasteiger partial charge in [0.05, 0.1) is 11.4 Å². The zero-order chi connectivity index (χ0) is 22.0. The number of fused-ring (bicyclic) bond motifs is 2. The zero-order valence-corrected chi connectivity index (χ0v) is 17.8. The van der Waals surface area contributed by atoms with Crippen LogP contribution < -0.4 is 9.47 Å². The van der Waals surface area contributed by atoms with Crippen molar-refractivity contribution < 1.29 is 9.47 Å². The van der Waals surface area contributed by atoms with Crippen LogP contribution in [0.2, 0.25) is 0 Å². The van der Waals surface area contributed by atoms with Gasteiger partial charge in [0, 0.05) is 46.7 Å². The summed E-state index contributed by atoms with van der Waals surface area (Å²) in [4.78, 5) is 9.03. The Labute approximate surface area is 190 Å². The lowest BCUT2D eigenvalue weighted by molar-refractivity contribution is 0.171. The number of benzene rings is 3. The summed E-state index contributed by atoms with van der Waals surface area (Å²) in [5, 5.41) is 7.00. The molecule has 6 rings (SSSR count). The Morgan fingerprint density at radius 2 is 1.76 bits per heavy atom. The molecule has 5 aromatic rings. The number of pyridine rings is 1. The van der Waals surface area contributed by atoms with Gasteiger partial charge in [0.15, 0.2) is 11.5 Å². The lowest BCUT2D eigenvalue weighted by Crippen LogP contribution is -2.15. The maximum absolute atomic E-state index is 5.80. The van der Waals surface area contributed by atoms with Gasteiger partial charge in [-0.15, -0.1) is 0 Å². The Morgan fingerprint density at radius 1 is 0.879 bits per heavy atom. The van der Waals surface area contributed by atoms with Crippen LogP contribution in [0.25, 0.3) is 27.7 Å². The first kappa shape index (κ1) is 19.3. The minimum atomic E-state index is 0.541. The average molecular weight is 432 g/mol. The fourth-order valence-corrected chi connectivity index (χ4v) is 3.97. The predicted molar refractivity (Wildman–Crippen MR) is 129 cm³/mol. The Bertz CT molecular complexity index is 1470. The van der Waals surface area contributed by atoms with Crippen molar-refractivity contribution in [2.75, 3.05) is 13.2 Å². The van der Waals surface area contributed by atoms with E-state index in [-0.39, 0.29) is 0 Å². The molecule has 0 saturated heterocycles. The Morgan fingerprint density at radius 3 is 2.67 bits per heavy atom. The standard InChI is InChI=1S/C27H20N4O2/c1-2-6-22(7-3-1)31-18-21(17-29-24-8-4-5-20-16-28-12-11-23(20)24)27(30-31)19-9-10-25-26(15-19)33-14-13-32-25/h1-12,15-18H,13-14H2. The van der Waals surface area contributed by atoms with E-state index >= 15 is 0 Å². The summed E-state index contributed by atoms with van der Waals surface area (Å²) in [5.74, 6) is 1.49. The molecule has 0 aliphatic carbocycles. The van der Waals surface area contributed by atoms with Gasteiger partial charge < -0.3 is 9.47 Å². The third-order valence-electron chi connectivity index (χ3n) is 5.58. The molecule has 0 radical (unpaired) electrons. The van der Waals surface area contributed by atoms with Crippen molar-refractivity contribution in [3.8, 4) is 28.4 Å². The molecule has 1 aliphatic heterocycles. The van der Waals surface area contributed by atoms with E-state index < -0.39 is 0 Å². The van der Waals surface area contributed by atoms with E-state index in [1.165, 1.54) is 0 Å². The Hall–Kier alpha value is -4.45. The lowest BCUT2D eigenvalue weighted by Gasteiger charge is -2.18. The maximum atomic E-state index is 5.80. The topological polar surface area (TPSA) is 61.5 Å². The molecule has 6 heteroatoms. The number of nitrogens with zero attached hydrogens (tertiary/aromatic N) is 4. The van der Waals surface area contributed by atoms with Crippen LogP contribution in [-0.2, 0) is 0 Å². The van der Waals surface area contributed by atoms with E-state index in [2.05, 4.69) is 4.98 Å². The van der Waals surface area contributed by atoms with Gasteiger partial charge in [-0.05, 0) is 42.5 Å². The molecule has 6 nitrogen and oxygen atoms in total. The van der Waals surface area contributed by atoms with E-state index in [1.54, 1.807) is 6.20 Å². The molecule has 3 aromatic carbocycles. The van der Waals surface area contributed by atoms with Gasteiger partial charge in [-0.1, -0.05) is 30.3 Å². The molecule has 0 N–H and O–H groups in total. The normalized spacial score (nSPS) is 13.0. The minimum Gasteiger partial charge on any atom is -0.486 e. The van der Waals surface area contributed by atoms with E-state index in [9.17, 15) is 0 Å². The van der Waals surface area contributed by atoms with Crippen molar-refractivity contribution in [2.45, 2.75) is 0 Å². The Kier molecular flexibility index (Phi) is 4.81. The van der Waals surface area contributed by atoms with Crippen LogP contribution in [0.1, 0.15) is 5.56 Å². The minimum absolute atomic E-state index is 0.541. The zero-order valence-electron chi connectivity index (χ0n) is 17.8. The van der Waals surface area contributed by atoms with E-state index in [0.717, 1.165) is 50.5 Å². The van der Waals surface area contributed by atoms with Crippen LogP contribution in [0, 0.1) is 0 Å². The maximum Gasteiger partial charge on any atom is 0.162 e. The number of para-hydroxylation sites is 1. The molecular formula is C27H20N4O2. The summed E-state index contributed by atoms with van der Waals surface area (Å²) >= 11 is 0. The van der Waals surface area contributed by atoms with Crippen LogP contribution >= 0.6 is 0 Å². The van der Waals surface area contributed by atoms with Gasteiger partial charge in [0.2, 0.25) is 0 Å². The summed E-state index contributed by atoms with van der Waals surface area (Å²) in [6.07, 6.45) is 7.50. The number of ether oxygens (including phenoxy) is 2. The summed E-state index contributed by atoms with van der Waals surface area (Å²) in [7, 11) is 0. The smallest absolute Gasteiger partial charge is 0.162 e. The van der Waals surface area contributed by atoms with Gasteiger partial charge in [-0.3, -0.25) is 9.98 Å². The third kappa shape index (κ3) is 3.72. The fraction of sp³-hybridized carbons (Fsp3) is 0.0741. The van der Waals surface area contributed by atoms with Gasteiger partial charge >= 0.3 is 0 Å². The first-order valence-corrected chi connectivity index (χ1v) is 10.8. The van der Waals surface area contributed by atoms with E-state index in [0.29, 0.717) is 13.2 Å². The SMILES string of the molecule is C(=Nc1cccc2cnccc12)c1cn(-c2ccccc2)nc1-c1ccc2c(c1)OCCO2. The highest BCUT2D eigenvalue weighted by atomic mass is 16.6. The molecule has 0 fully saturated rings. The summed E-state index contributed by atoms with van der Waals surface area (Å²) < 4.78 is 13.4. The second-order valence-electron chi connectivity index (χ2n) is 7.70. The van der Waals surface area contributed by atoms with Crippen molar-refractivity contribution in [1.29, 1.82) is 0 Å². The van der Waals surface area contributed by atoms with Crippen LogP contribution in [0.15, 0.2) is 96.4 Å². The highest BCUT2D eigenvalue weighted by Crippen LogP contribution is 2.35. The van der Waals surface area contributed by atoms with Crippen LogP contribution in [0.5, 0.6) is 11.5 Å². The van der Waals surface area contributed by atoms with Crippen molar-refractivity contribution in [1.82, 2.24) is 14.8 Å². The molecule has 0 atom stereocenters. The number of hydrogen-bond acceptors (Lipinski definition) is 5. The van der Waals surface area contributed by atoms with Gasteiger partial charge in [0.25, 0.3) is 0 Å². The monoisotopic (exact) mass is 432 g/mol. The number of rotatable bonds is 4. The molecule has 2 aromatic heterocycles. The first-order valence-electron chi connectivity index (χ1n) is 10.8. The van der Waals surface area contributed by atoms with Crippen molar-refractivity contribution in [2.24, 2.45) is 4.99 Å². The molecule has 33 heavy (non-hydrogen) atoms. The largest absolute Gasteiger partial charge is 0.486 e. The summed E-state index contributed by atoms with van der Waals surface area (Å²) in [5.41, 5.74) is 4.53. The summed E-state index contributed by atoms with van der Waals surface area (Å²) in [6, 6.07) is 24.0. The van der Waals surface area contributed by atoms with Crippen molar-refractivity contribution >= 4 is 22.7 Å². The number of hydrogen-bond donors (Lipinski definition) is 0. The third-order valence-corrected chi connectivity index (χ3v) is 5.58. The molecule has 3 heterocycles. The van der Waals surface area contributed by atoms with Gasteiger partial charge in [0.1, 0.15) is 18.9 Å². The number of aliphatic imine (C=N–C) groups is 1. The van der Waals surface area contributed by atoms with Crippen LogP contribution in [0.3, 0.4) is 0 Å². The highest BCUT2D eigenvalue weighted by Gasteiger charge is 2.16. The molecule has 0 amide bonds. The molecule has 1 aliphatic rings. The van der Waals surface area contributed by atoms with Crippen LogP contribution in [-0.4, -0.2) is 34.2 Å². The number of aromatic nitrogens is 3. The van der Waals surface area contributed by atoms with Crippen LogP contribution in [0.4, 0.5) is 5.69 Å². The second-order valence-corrected chi connectivity index (χ2v) is 7.70. The molecule has 0 saturated carbocycles.